The molecule has 1 N–H and O–H groups in total. The minimum atomic E-state index is -2.56. The van der Waals surface area contributed by atoms with E-state index in [2.05, 4.69) is 11.1 Å². The first-order valence-electron chi connectivity index (χ1n) is 21.9. The molecule has 6 aromatic carbocycles. The molecule has 8 rings (SSSR count). The zero-order valence-electron chi connectivity index (χ0n) is 39.4. The minimum absolute atomic E-state index is 0. The van der Waals surface area contributed by atoms with Crippen LogP contribution in [0.1, 0.15) is 47.0 Å². The first kappa shape index (κ1) is 23.8. The van der Waals surface area contributed by atoms with Crippen molar-refractivity contribution in [3.63, 3.8) is 0 Å². The van der Waals surface area contributed by atoms with E-state index in [9.17, 15) is 6.48 Å². The van der Waals surface area contributed by atoms with E-state index in [0.717, 1.165) is 11.1 Å². The Bertz CT molecular complexity index is 3080. The normalized spacial score (nSPS) is 14.6. The monoisotopic (exact) mass is 866 g/mol. The summed E-state index contributed by atoms with van der Waals surface area (Å²) in [5.41, 5.74) is 4.03. The van der Waals surface area contributed by atoms with E-state index in [1.807, 2.05) is 75.4 Å². The van der Waals surface area contributed by atoms with Gasteiger partial charge in [-0.1, -0.05) is 129 Å². The first-order chi connectivity index (χ1) is 29.3. The summed E-state index contributed by atoms with van der Waals surface area (Å²) in [5.74, 6) is 0.206. The van der Waals surface area contributed by atoms with Crippen molar-refractivity contribution in [3.05, 3.63) is 169 Å². The van der Waals surface area contributed by atoms with Crippen LogP contribution in [0.25, 0.3) is 72.7 Å². The summed E-state index contributed by atoms with van der Waals surface area (Å²) in [7, 11) is 0. The van der Waals surface area contributed by atoms with Crippen molar-refractivity contribution in [1.82, 2.24) is 14.5 Å². The van der Waals surface area contributed by atoms with Gasteiger partial charge in [0.2, 0.25) is 0 Å². The molecule has 8 aromatic rings. The van der Waals surface area contributed by atoms with Gasteiger partial charge in [0.25, 0.3) is 0 Å². The van der Waals surface area contributed by atoms with Gasteiger partial charge in [-0.3, -0.25) is 9.55 Å². The number of para-hydroxylation sites is 2. The summed E-state index contributed by atoms with van der Waals surface area (Å²) >= 11 is 0. The second-order valence-corrected chi connectivity index (χ2v) is 13.2. The van der Waals surface area contributed by atoms with Crippen LogP contribution in [0, 0.1) is 12.9 Å². The fourth-order valence-electron chi connectivity index (χ4n) is 6.17. The van der Waals surface area contributed by atoms with Crippen LogP contribution in [0.4, 0.5) is 0 Å². The van der Waals surface area contributed by atoms with E-state index < -0.39 is 60.7 Å². The van der Waals surface area contributed by atoms with Crippen molar-refractivity contribution in [2.24, 2.45) is 0 Å². The second-order valence-electron chi connectivity index (χ2n) is 13.2. The molecule has 5 heteroatoms. The standard InChI is InChI=1S/C47H38N3O.Pt/c1-31-26-34(32-14-7-5-8-15-32)22-23-42(31)50-43-20-13-19-39(45(43)49-46(50)40-18-11-12-21-44(40)51)36-27-37(29-38(28-36)47(2,3)4)41-30-35(24-25-48-41)33-16-9-6-10-17-33;/h5-26,28-30,51H,1-4H3;/q-1;/i1D3,6D,9D,10D,16D,17D,24D,25D,30D;. The summed E-state index contributed by atoms with van der Waals surface area (Å²) < 4.78 is 96.4. The van der Waals surface area contributed by atoms with Crippen molar-refractivity contribution in [3.8, 4) is 67.5 Å². The number of benzene rings is 6. The summed E-state index contributed by atoms with van der Waals surface area (Å²) in [6.45, 7) is 3.42. The Hall–Kier alpha value is -5.57. The number of aryl methyl sites for hydroxylation is 1. The molecule has 0 aliphatic carbocycles. The third-order valence-electron chi connectivity index (χ3n) is 8.80. The van der Waals surface area contributed by atoms with Crippen molar-refractivity contribution in [2.45, 2.75) is 33.0 Å². The Morgan fingerprint density at radius 2 is 1.48 bits per heavy atom. The number of pyridine rings is 1. The molecule has 0 fully saturated rings. The second kappa shape index (κ2) is 14.2. The van der Waals surface area contributed by atoms with Gasteiger partial charge in [0.05, 0.1) is 33.3 Å². The molecule has 52 heavy (non-hydrogen) atoms. The molecule has 0 spiro atoms. The maximum Gasteiger partial charge on any atom is 0.148 e. The number of aromatic nitrogens is 3. The Morgan fingerprint density at radius 1 is 0.731 bits per heavy atom. The summed E-state index contributed by atoms with van der Waals surface area (Å²) in [6.07, 6.45) is -0.564. The van der Waals surface area contributed by atoms with Gasteiger partial charge < -0.3 is 5.11 Å². The van der Waals surface area contributed by atoms with Crippen LogP contribution in [0.2, 0.25) is 0 Å². The Kier molecular flexibility index (Phi) is 6.51. The average molecular weight is 867 g/mol. The number of phenols is 1. The number of rotatable bonds is 6. The molecule has 4 nitrogen and oxygen atoms in total. The number of hydrogen-bond acceptors (Lipinski definition) is 3. The molecule has 0 aliphatic heterocycles. The predicted octanol–water partition coefficient (Wildman–Crippen LogP) is 11.9. The van der Waals surface area contributed by atoms with Crippen LogP contribution in [0.5, 0.6) is 5.75 Å². The summed E-state index contributed by atoms with van der Waals surface area (Å²) in [4.78, 5) is 9.48. The van der Waals surface area contributed by atoms with E-state index in [1.54, 1.807) is 47.0 Å². The van der Waals surface area contributed by atoms with Crippen LogP contribution in [0.15, 0.2) is 152 Å². The van der Waals surface area contributed by atoms with Gasteiger partial charge in [0, 0.05) is 37.0 Å². The smallest absolute Gasteiger partial charge is 0.148 e. The fraction of sp³-hybridized carbons (Fsp3) is 0.106. The topological polar surface area (TPSA) is 50.9 Å². The number of nitrogens with zero attached hydrogens (tertiary/aromatic N) is 3. The van der Waals surface area contributed by atoms with Crippen LogP contribution < -0.4 is 0 Å². The Labute approximate surface area is 335 Å². The zero-order chi connectivity index (χ0) is 44.6. The van der Waals surface area contributed by atoms with E-state index in [4.69, 9.17) is 18.7 Å². The zero-order valence-corrected chi connectivity index (χ0v) is 30.7. The van der Waals surface area contributed by atoms with Crippen molar-refractivity contribution < 1.29 is 41.3 Å². The number of hydrogen-bond donors (Lipinski definition) is 1. The van der Waals surface area contributed by atoms with Gasteiger partial charge in [0.1, 0.15) is 11.6 Å². The van der Waals surface area contributed by atoms with Gasteiger partial charge >= 0.3 is 0 Å². The van der Waals surface area contributed by atoms with Gasteiger partial charge in [-0.25, -0.2) is 4.98 Å². The van der Waals surface area contributed by atoms with E-state index in [0.29, 0.717) is 39.0 Å². The molecule has 0 bridgehead atoms. The van der Waals surface area contributed by atoms with E-state index in [-0.39, 0.29) is 60.6 Å². The largest absolute Gasteiger partial charge is 0.507 e. The number of phenolic OH excluding ortho intramolecular Hbond substituents is 1. The molecule has 2 heterocycles. The maximum atomic E-state index is 11.2. The molecule has 258 valence electrons. The fourth-order valence-corrected chi connectivity index (χ4v) is 6.17. The molecule has 0 saturated heterocycles. The van der Waals surface area contributed by atoms with Crippen molar-refractivity contribution in [1.29, 1.82) is 0 Å². The third kappa shape index (κ3) is 6.63. The minimum Gasteiger partial charge on any atom is -0.507 e. The molecule has 0 aliphatic rings. The molecule has 2 aromatic heterocycles. The van der Waals surface area contributed by atoms with Gasteiger partial charge in [-0.05, 0) is 76.5 Å². The van der Waals surface area contributed by atoms with Gasteiger partial charge in [0.15, 0.2) is 0 Å². The van der Waals surface area contributed by atoms with Crippen LogP contribution >= 0.6 is 0 Å². The summed E-state index contributed by atoms with van der Waals surface area (Å²) in [5, 5.41) is 11.2. The molecule has 0 radical (unpaired) electrons. The van der Waals surface area contributed by atoms with E-state index in [1.165, 1.54) is 6.07 Å². The Balaban J connectivity index is 0.00000595. The molecular formula is C47H38N3OPt-. The van der Waals surface area contributed by atoms with Crippen LogP contribution in [-0.2, 0) is 26.5 Å². The van der Waals surface area contributed by atoms with Gasteiger partial charge in [-0.15, -0.1) is 29.3 Å². The summed E-state index contributed by atoms with van der Waals surface area (Å²) in [6, 6.07) is 29.8. The number of imidazole rings is 1. The number of fused-ring (bicyclic) bond motifs is 1. The van der Waals surface area contributed by atoms with Gasteiger partial charge in [-0.2, -0.15) is 0 Å². The number of aromatic hydroxyl groups is 1. The maximum absolute atomic E-state index is 11.2. The third-order valence-corrected chi connectivity index (χ3v) is 8.80. The quantitative estimate of drug-likeness (QED) is 0.169. The SMILES string of the molecule is [2H]c1nc(-c2[c-]c(-c3cccc4c3nc(-c3ccccc3O)n4-c3ccc(-c4ccccc4)cc3C([2H])([2H])[2H])cc(C(C)(C)C)c2)c([2H])c(-c2c([2H])c([2H])c([2H])c([2H])c2[2H])c1[2H].[Pt]. The molecule has 0 atom stereocenters. The van der Waals surface area contributed by atoms with Crippen LogP contribution in [0.3, 0.4) is 0 Å². The van der Waals surface area contributed by atoms with Crippen molar-refractivity contribution >= 4 is 11.0 Å². The molecule has 0 unspecified atom stereocenters. The predicted molar refractivity (Wildman–Crippen MR) is 210 cm³/mol. The Morgan fingerprint density at radius 3 is 2.25 bits per heavy atom. The van der Waals surface area contributed by atoms with E-state index >= 15 is 0 Å². The molecule has 0 amide bonds. The first-order valence-corrected chi connectivity index (χ1v) is 16.4. The van der Waals surface area contributed by atoms with Crippen molar-refractivity contribution in [2.75, 3.05) is 0 Å². The van der Waals surface area contributed by atoms with Crippen LogP contribution in [-0.4, -0.2) is 19.6 Å². The average Bonchev–Trinajstić information content (AvgIpc) is 3.63. The molecular weight excluding hydrogens is 818 g/mol. The molecule has 0 saturated carbocycles.